The molecule has 0 saturated carbocycles. The van der Waals surface area contributed by atoms with Gasteiger partial charge in [-0.05, 0) is 37.1 Å². The molecule has 0 spiro atoms. The molecule has 0 aliphatic carbocycles. The first-order chi connectivity index (χ1) is 9.85. The first-order valence-corrected chi connectivity index (χ1v) is 8.19. The molecular formula is C15H16ClNO3S. The number of aliphatic hydroxyl groups is 1. The molecule has 0 radical (unpaired) electrons. The summed E-state index contributed by atoms with van der Waals surface area (Å²) >= 11 is 5.98. The Labute approximate surface area is 129 Å². The largest absolute Gasteiger partial charge is 0.392 e. The van der Waals surface area contributed by atoms with Gasteiger partial charge in [0.2, 0.25) is 0 Å². The topological polar surface area (TPSA) is 66.4 Å². The quantitative estimate of drug-likeness (QED) is 0.906. The van der Waals surface area contributed by atoms with Crippen molar-refractivity contribution in [2.24, 2.45) is 0 Å². The average Bonchev–Trinajstić information content (AvgIpc) is 2.43. The van der Waals surface area contributed by atoms with Crippen LogP contribution in [-0.2, 0) is 16.6 Å². The Morgan fingerprint density at radius 2 is 1.86 bits per heavy atom. The van der Waals surface area contributed by atoms with E-state index in [1.807, 2.05) is 0 Å². The Morgan fingerprint density at radius 1 is 1.14 bits per heavy atom. The molecule has 0 bridgehead atoms. The Balaban J connectivity index is 2.44. The van der Waals surface area contributed by atoms with Gasteiger partial charge in [0.1, 0.15) is 0 Å². The summed E-state index contributed by atoms with van der Waals surface area (Å²) in [4.78, 5) is 0.0882. The van der Waals surface area contributed by atoms with Crippen LogP contribution in [-0.4, -0.2) is 13.5 Å². The zero-order valence-corrected chi connectivity index (χ0v) is 13.3. The van der Waals surface area contributed by atoms with Crippen LogP contribution in [0.4, 0.5) is 5.69 Å². The maximum Gasteiger partial charge on any atom is 0.261 e. The van der Waals surface area contributed by atoms with Crippen molar-refractivity contribution in [3.8, 4) is 0 Å². The van der Waals surface area contributed by atoms with Crippen molar-refractivity contribution in [2.75, 3.05) is 4.72 Å². The summed E-state index contributed by atoms with van der Waals surface area (Å²) in [7, 11) is -3.75. The molecule has 21 heavy (non-hydrogen) atoms. The number of halogens is 1. The summed E-state index contributed by atoms with van der Waals surface area (Å²) in [5.74, 6) is 0. The number of sulfonamides is 1. The van der Waals surface area contributed by atoms with Gasteiger partial charge in [-0.1, -0.05) is 35.9 Å². The average molecular weight is 326 g/mol. The van der Waals surface area contributed by atoms with E-state index < -0.39 is 10.0 Å². The van der Waals surface area contributed by atoms with Gasteiger partial charge in [0.25, 0.3) is 10.0 Å². The summed E-state index contributed by atoms with van der Waals surface area (Å²) in [5, 5.41) is 9.73. The minimum atomic E-state index is -3.75. The second kappa shape index (κ2) is 6.05. The highest BCUT2D eigenvalue weighted by molar-refractivity contribution is 7.92. The molecule has 112 valence electrons. The fraction of sp³-hybridized carbons (Fsp3) is 0.200. The summed E-state index contributed by atoms with van der Waals surface area (Å²) in [6.45, 7) is 3.34. The lowest BCUT2D eigenvalue weighted by molar-refractivity contribution is 0.282. The molecule has 0 fully saturated rings. The Kier molecular flexibility index (Phi) is 4.56. The molecule has 0 unspecified atom stereocenters. The highest BCUT2D eigenvalue weighted by Gasteiger charge is 2.18. The van der Waals surface area contributed by atoms with Crippen molar-refractivity contribution >= 4 is 27.3 Å². The molecule has 2 N–H and O–H groups in total. The van der Waals surface area contributed by atoms with Gasteiger partial charge in [0.05, 0.1) is 17.2 Å². The lowest BCUT2D eigenvalue weighted by Crippen LogP contribution is -2.15. The van der Waals surface area contributed by atoms with E-state index in [2.05, 4.69) is 4.72 Å². The van der Waals surface area contributed by atoms with Gasteiger partial charge < -0.3 is 5.11 Å². The van der Waals surface area contributed by atoms with Crippen LogP contribution in [0.25, 0.3) is 0 Å². The van der Waals surface area contributed by atoms with Crippen LogP contribution in [0.3, 0.4) is 0 Å². The first-order valence-electron chi connectivity index (χ1n) is 6.33. The van der Waals surface area contributed by atoms with E-state index in [-0.39, 0.29) is 11.5 Å². The van der Waals surface area contributed by atoms with Crippen molar-refractivity contribution in [1.29, 1.82) is 0 Å². The summed E-state index contributed by atoms with van der Waals surface area (Å²) in [5.41, 5.74) is 2.47. The van der Waals surface area contributed by atoms with Crippen molar-refractivity contribution in [3.63, 3.8) is 0 Å². The lowest BCUT2D eigenvalue weighted by atomic mass is 10.1. The normalized spacial score (nSPS) is 11.4. The molecule has 0 saturated heterocycles. The Hall–Kier alpha value is -1.56. The molecule has 0 aromatic heterocycles. The monoisotopic (exact) mass is 325 g/mol. The summed E-state index contributed by atoms with van der Waals surface area (Å²) in [6.07, 6.45) is 0. The van der Waals surface area contributed by atoms with Crippen LogP contribution < -0.4 is 4.72 Å². The van der Waals surface area contributed by atoms with Crippen LogP contribution in [0.2, 0.25) is 5.02 Å². The predicted octanol–water partition coefficient (Wildman–Crippen LogP) is 3.25. The number of hydrogen-bond acceptors (Lipinski definition) is 3. The van der Waals surface area contributed by atoms with Gasteiger partial charge in [0.15, 0.2) is 0 Å². The highest BCUT2D eigenvalue weighted by Crippen LogP contribution is 2.26. The SMILES string of the molecule is Cc1ccc(S(=O)(=O)Nc2c(C)cccc2CO)cc1Cl. The lowest BCUT2D eigenvalue weighted by Gasteiger charge is -2.14. The Bertz CT molecular complexity index is 772. The second-order valence-electron chi connectivity index (χ2n) is 4.78. The van der Waals surface area contributed by atoms with Gasteiger partial charge in [0, 0.05) is 10.6 Å². The fourth-order valence-electron chi connectivity index (χ4n) is 1.94. The molecule has 6 heteroatoms. The van der Waals surface area contributed by atoms with Crippen molar-refractivity contribution in [2.45, 2.75) is 25.3 Å². The van der Waals surface area contributed by atoms with E-state index >= 15 is 0 Å². The minimum absolute atomic E-state index is 0.0882. The van der Waals surface area contributed by atoms with Gasteiger partial charge >= 0.3 is 0 Å². The molecule has 0 atom stereocenters. The molecule has 0 aliphatic heterocycles. The van der Waals surface area contributed by atoms with Gasteiger partial charge in [-0.25, -0.2) is 8.42 Å². The third kappa shape index (κ3) is 3.37. The zero-order chi connectivity index (χ0) is 15.6. The van der Waals surface area contributed by atoms with Gasteiger partial charge in [-0.2, -0.15) is 0 Å². The van der Waals surface area contributed by atoms with E-state index in [4.69, 9.17) is 11.6 Å². The molecule has 2 aromatic carbocycles. The van der Waals surface area contributed by atoms with Crippen LogP contribution in [0, 0.1) is 13.8 Å². The number of nitrogens with one attached hydrogen (secondary N) is 1. The van der Waals surface area contributed by atoms with E-state index in [0.717, 1.165) is 11.1 Å². The fourth-order valence-corrected chi connectivity index (χ4v) is 3.38. The van der Waals surface area contributed by atoms with Crippen LogP contribution in [0.1, 0.15) is 16.7 Å². The number of rotatable bonds is 4. The van der Waals surface area contributed by atoms with Crippen molar-refractivity contribution < 1.29 is 13.5 Å². The highest BCUT2D eigenvalue weighted by atomic mass is 35.5. The third-order valence-corrected chi connectivity index (χ3v) is 4.97. The minimum Gasteiger partial charge on any atom is -0.392 e. The third-order valence-electron chi connectivity index (χ3n) is 3.22. The zero-order valence-electron chi connectivity index (χ0n) is 11.7. The summed E-state index contributed by atoms with van der Waals surface area (Å²) in [6, 6.07) is 9.78. The standard InChI is InChI=1S/C15H16ClNO3S/c1-10-6-7-13(8-14(10)16)21(19,20)17-15-11(2)4-3-5-12(15)9-18/h3-8,17-18H,9H2,1-2H3. The molecular weight excluding hydrogens is 310 g/mol. The molecule has 0 heterocycles. The Morgan fingerprint density at radius 3 is 2.48 bits per heavy atom. The number of aryl methyl sites for hydroxylation is 2. The maximum atomic E-state index is 12.4. The maximum absolute atomic E-state index is 12.4. The van der Waals surface area contributed by atoms with E-state index in [1.54, 1.807) is 38.1 Å². The van der Waals surface area contributed by atoms with Gasteiger partial charge in [-0.15, -0.1) is 0 Å². The van der Waals surface area contributed by atoms with Gasteiger partial charge in [-0.3, -0.25) is 4.72 Å². The number of benzene rings is 2. The number of aliphatic hydroxyl groups excluding tert-OH is 1. The molecule has 2 aromatic rings. The number of para-hydroxylation sites is 1. The second-order valence-corrected chi connectivity index (χ2v) is 6.87. The molecule has 4 nitrogen and oxygen atoms in total. The van der Waals surface area contributed by atoms with Crippen molar-refractivity contribution in [1.82, 2.24) is 0 Å². The van der Waals surface area contributed by atoms with Crippen LogP contribution in [0.5, 0.6) is 0 Å². The van der Waals surface area contributed by atoms with E-state index in [9.17, 15) is 13.5 Å². The van der Waals surface area contributed by atoms with Crippen LogP contribution >= 0.6 is 11.6 Å². The predicted molar refractivity (Wildman–Crippen MR) is 84.1 cm³/mol. The summed E-state index contributed by atoms with van der Waals surface area (Å²) < 4.78 is 27.4. The first kappa shape index (κ1) is 15.8. The number of anilines is 1. The molecule has 0 amide bonds. The van der Waals surface area contributed by atoms with E-state index in [0.29, 0.717) is 16.3 Å². The van der Waals surface area contributed by atoms with E-state index in [1.165, 1.54) is 12.1 Å². The van der Waals surface area contributed by atoms with Crippen molar-refractivity contribution in [3.05, 3.63) is 58.1 Å². The smallest absolute Gasteiger partial charge is 0.261 e. The number of hydrogen-bond donors (Lipinski definition) is 2. The van der Waals surface area contributed by atoms with Crippen LogP contribution in [0.15, 0.2) is 41.3 Å². The molecule has 0 aliphatic rings. The molecule has 2 rings (SSSR count).